The standard InChI is InChI=1S/C18H23NO3S/c1-15-6-5-9-18(14-15)23(21,22)19-12-10-17(11-13-20)16-7-3-2-4-8-16/h2-9,14,17,19-20H,10-13H2,1H3/t17-/m0/s1. The van der Waals surface area contributed by atoms with Crippen molar-refractivity contribution in [3.8, 4) is 0 Å². The molecule has 0 amide bonds. The van der Waals surface area contributed by atoms with Gasteiger partial charge in [-0.15, -0.1) is 0 Å². The van der Waals surface area contributed by atoms with Gasteiger partial charge in [0.1, 0.15) is 0 Å². The quantitative estimate of drug-likeness (QED) is 0.781. The van der Waals surface area contributed by atoms with Gasteiger partial charge in [0.05, 0.1) is 4.90 Å². The van der Waals surface area contributed by atoms with E-state index in [-0.39, 0.29) is 17.4 Å². The summed E-state index contributed by atoms with van der Waals surface area (Å²) in [4.78, 5) is 0.288. The Hall–Kier alpha value is -1.69. The molecule has 0 aliphatic heterocycles. The second kappa shape index (κ2) is 8.24. The van der Waals surface area contributed by atoms with E-state index in [1.165, 1.54) is 0 Å². The lowest BCUT2D eigenvalue weighted by Gasteiger charge is -2.16. The SMILES string of the molecule is Cc1cccc(S(=O)(=O)NCC[C@@H](CCO)c2ccccc2)c1. The number of benzene rings is 2. The summed E-state index contributed by atoms with van der Waals surface area (Å²) in [7, 11) is -3.49. The van der Waals surface area contributed by atoms with Crippen molar-refractivity contribution in [2.75, 3.05) is 13.2 Å². The number of aliphatic hydroxyl groups excluding tert-OH is 1. The first-order valence-corrected chi connectivity index (χ1v) is 9.23. The first-order valence-electron chi connectivity index (χ1n) is 7.75. The Morgan fingerprint density at radius 2 is 1.78 bits per heavy atom. The van der Waals surface area contributed by atoms with Crippen LogP contribution >= 0.6 is 0 Å². The monoisotopic (exact) mass is 333 g/mol. The first kappa shape index (κ1) is 17.7. The van der Waals surface area contributed by atoms with Crippen LogP contribution in [0.2, 0.25) is 0 Å². The molecule has 2 N–H and O–H groups in total. The summed E-state index contributed by atoms with van der Waals surface area (Å²) < 4.78 is 27.3. The summed E-state index contributed by atoms with van der Waals surface area (Å²) in [5.74, 6) is 0.140. The fraction of sp³-hybridized carbons (Fsp3) is 0.333. The molecule has 0 aliphatic rings. The van der Waals surface area contributed by atoms with Gasteiger partial charge < -0.3 is 5.11 Å². The highest BCUT2D eigenvalue weighted by atomic mass is 32.2. The minimum Gasteiger partial charge on any atom is -0.396 e. The lowest BCUT2D eigenvalue weighted by atomic mass is 9.93. The van der Waals surface area contributed by atoms with Crippen LogP contribution in [0.5, 0.6) is 0 Å². The lowest BCUT2D eigenvalue weighted by Crippen LogP contribution is -2.26. The molecule has 4 nitrogen and oxygen atoms in total. The zero-order valence-corrected chi connectivity index (χ0v) is 14.1. The van der Waals surface area contributed by atoms with E-state index in [2.05, 4.69) is 4.72 Å². The topological polar surface area (TPSA) is 66.4 Å². The van der Waals surface area contributed by atoms with Crippen molar-refractivity contribution in [1.29, 1.82) is 0 Å². The van der Waals surface area contributed by atoms with E-state index < -0.39 is 10.0 Å². The Kier molecular flexibility index (Phi) is 6.33. The molecule has 0 saturated carbocycles. The summed E-state index contributed by atoms with van der Waals surface area (Å²) in [6.07, 6.45) is 1.27. The van der Waals surface area contributed by atoms with E-state index in [0.717, 1.165) is 11.1 Å². The van der Waals surface area contributed by atoms with Crippen LogP contribution in [0.25, 0.3) is 0 Å². The fourth-order valence-electron chi connectivity index (χ4n) is 2.59. The molecule has 0 radical (unpaired) electrons. The van der Waals surface area contributed by atoms with Crippen LogP contribution in [0.1, 0.15) is 29.9 Å². The van der Waals surface area contributed by atoms with Gasteiger partial charge in [-0.25, -0.2) is 13.1 Å². The molecule has 0 aromatic heterocycles. The Balaban J connectivity index is 1.99. The second-order valence-electron chi connectivity index (χ2n) is 5.62. The lowest BCUT2D eigenvalue weighted by molar-refractivity contribution is 0.273. The van der Waals surface area contributed by atoms with E-state index >= 15 is 0 Å². The zero-order valence-electron chi connectivity index (χ0n) is 13.3. The molecule has 5 heteroatoms. The van der Waals surface area contributed by atoms with Gasteiger partial charge in [-0.1, -0.05) is 42.5 Å². The van der Waals surface area contributed by atoms with Crippen molar-refractivity contribution >= 4 is 10.0 Å². The third kappa shape index (κ3) is 5.16. The number of rotatable bonds is 8. The van der Waals surface area contributed by atoms with Crippen LogP contribution in [0, 0.1) is 6.92 Å². The van der Waals surface area contributed by atoms with E-state index in [9.17, 15) is 13.5 Å². The molecule has 23 heavy (non-hydrogen) atoms. The molecule has 0 unspecified atom stereocenters. The Labute approximate surface area is 138 Å². The zero-order chi connectivity index (χ0) is 16.7. The fourth-order valence-corrected chi connectivity index (χ4v) is 3.74. The molecule has 0 aliphatic carbocycles. The molecular weight excluding hydrogens is 310 g/mol. The van der Waals surface area contributed by atoms with Gasteiger partial charge >= 0.3 is 0 Å². The average Bonchev–Trinajstić information content (AvgIpc) is 2.55. The van der Waals surface area contributed by atoms with Crippen LogP contribution in [0.3, 0.4) is 0 Å². The highest BCUT2D eigenvalue weighted by molar-refractivity contribution is 7.89. The van der Waals surface area contributed by atoms with Crippen LogP contribution in [-0.2, 0) is 10.0 Å². The van der Waals surface area contributed by atoms with Crippen molar-refractivity contribution in [3.05, 3.63) is 65.7 Å². The second-order valence-corrected chi connectivity index (χ2v) is 7.39. The van der Waals surface area contributed by atoms with Gasteiger partial charge in [-0.05, 0) is 48.9 Å². The van der Waals surface area contributed by atoms with E-state index in [4.69, 9.17) is 0 Å². The highest BCUT2D eigenvalue weighted by Crippen LogP contribution is 2.22. The van der Waals surface area contributed by atoms with Crippen LogP contribution in [0.4, 0.5) is 0 Å². The number of hydrogen-bond donors (Lipinski definition) is 2. The number of aliphatic hydroxyl groups is 1. The minimum absolute atomic E-state index is 0.0875. The predicted octanol–water partition coefficient (Wildman–Crippen LogP) is 2.83. The van der Waals surface area contributed by atoms with Crippen molar-refractivity contribution < 1.29 is 13.5 Å². The summed E-state index contributed by atoms with van der Waals surface area (Å²) in [5.41, 5.74) is 2.03. The average molecular weight is 333 g/mol. The molecule has 0 saturated heterocycles. The molecule has 2 rings (SSSR count). The van der Waals surface area contributed by atoms with E-state index in [0.29, 0.717) is 19.4 Å². The van der Waals surface area contributed by atoms with Gasteiger partial charge in [0, 0.05) is 13.2 Å². The largest absolute Gasteiger partial charge is 0.396 e. The van der Waals surface area contributed by atoms with Gasteiger partial charge in [0.2, 0.25) is 10.0 Å². The number of nitrogens with one attached hydrogen (secondary N) is 1. The summed E-state index contributed by atoms with van der Waals surface area (Å²) in [6.45, 7) is 2.30. The van der Waals surface area contributed by atoms with Gasteiger partial charge in [-0.2, -0.15) is 0 Å². The van der Waals surface area contributed by atoms with Crippen LogP contribution in [0.15, 0.2) is 59.5 Å². The molecule has 2 aromatic carbocycles. The summed E-state index contributed by atoms with van der Waals surface area (Å²) >= 11 is 0. The maximum absolute atomic E-state index is 12.3. The van der Waals surface area contributed by atoms with E-state index in [1.54, 1.807) is 18.2 Å². The summed E-state index contributed by atoms with van der Waals surface area (Å²) in [6, 6.07) is 16.7. The van der Waals surface area contributed by atoms with E-state index in [1.807, 2.05) is 43.3 Å². The Morgan fingerprint density at radius 1 is 1.04 bits per heavy atom. The third-order valence-corrected chi connectivity index (χ3v) is 5.29. The smallest absolute Gasteiger partial charge is 0.240 e. The Morgan fingerprint density at radius 3 is 2.43 bits per heavy atom. The predicted molar refractivity (Wildman–Crippen MR) is 91.9 cm³/mol. The maximum Gasteiger partial charge on any atom is 0.240 e. The van der Waals surface area contributed by atoms with Crippen LogP contribution < -0.4 is 4.72 Å². The number of aryl methyl sites for hydroxylation is 1. The molecular formula is C18H23NO3S. The van der Waals surface area contributed by atoms with Crippen LogP contribution in [-0.4, -0.2) is 26.7 Å². The minimum atomic E-state index is -3.49. The molecule has 0 bridgehead atoms. The van der Waals surface area contributed by atoms with Crippen molar-refractivity contribution in [2.45, 2.75) is 30.6 Å². The third-order valence-electron chi connectivity index (χ3n) is 3.83. The van der Waals surface area contributed by atoms with Crippen molar-refractivity contribution in [1.82, 2.24) is 4.72 Å². The molecule has 0 heterocycles. The normalized spacial score (nSPS) is 13.0. The highest BCUT2D eigenvalue weighted by Gasteiger charge is 2.16. The number of sulfonamides is 1. The van der Waals surface area contributed by atoms with Gasteiger partial charge in [-0.3, -0.25) is 0 Å². The summed E-state index contributed by atoms with van der Waals surface area (Å²) in [5, 5.41) is 9.23. The van der Waals surface area contributed by atoms with Gasteiger partial charge in [0.25, 0.3) is 0 Å². The molecule has 1 atom stereocenters. The van der Waals surface area contributed by atoms with Gasteiger partial charge in [0.15, 0.2) is 0 Å². The first-order chi connectivity index (χ1) is 11.0. The maximum atomic E-state index is 12.3. The Bertz CT molecular complexity index is 714. The number of hydrogen-bond acceptors (Lipinski definition) is 3. The molecule has 2 aromatic rings. The molecule has 0 fully saturated rings. The van der Waals surface area contributed by atoms with Crippen molar-refractivity contribution in [3.63, 3.8) is 0 Å². The molecule has 0 spiro atoms. The molecule has 124 valence electrons. The van der Waals surface area contributed by atoms with Crippen molar-refractivity contribution in [2.24, 2.45) is 0 Å².